The van der Waals surface area contributed by atoms with Crippen molar-refractivity contribution in [3.63, 3.8) is 0 Å². The van der Waals surface area contributed by atoms with Gasteiger partial charge in [-0.2, -0.15) is 0 Å². The summed E-state index contributed by atoms with van der Waals surface area (Å²) in [5.41, 5.74) is 0. The maximum atomic E-state index is 5.44. The van der Waals surface area contributed by atoms with E-state index in [0.717, 1.165) is 31.3 Å². The molecule has 78 valence electrons. The van der Waals surface area contributed by atoms with Crippen molar-refractivity contribution in [2.45, 2.75) is 50.2 Å². The fourth-order valence-electron chi connectivity index (χ4n) is 3.31. The van der Waals surface area contributed by atoms with Crippen LogP contribution in [0.3, 0.4) is 0 Å². The second kappa shape index (κ2) is 3.67. The molecule has 3 aliphatic heterocycles. The molecule has 2 atom stereocenters. The largest absolute Gasteiger partial charge is 0.381 e. The Morgan fingerprint density at radius 2 is 1.86 bits per heavy atom. The van der Waals surface area contributed by atoms with Crippen molar-refractivity contribution in [1.82, 2.24) is 4.90 Å². The van der Waals surface area contributed by atoms with E-state index in [-0.39, 0.29) is 0 Å². The van der Waals surface area contributed by atoms with Gasteiger partial charge < -0.3 is 4.74 Å². The average Bonchev–Trinajstić information content (AvgIpc) is 2.50. The summed E-state index contributed by atoms with van der Waals surface area (Å²) < 4.78 is 5.44. The van der Waals surface area contributed by atoms with Crippen LogP contribution in [0.25, 0.3) is 0 Å². The zero-order valence-corrected chi connectivity index (χ0v) is 8.69. The first-order chi connectivity index (χ1) is 6.95. The molecular weight excluding hydrogens is 174 g/mol. The van der Waals surface area contributed by atoms with Crippen molar-refractivity contribution in [1.29, 1.82) is 0 Å². The lowest BCUT2D eigenvalue weighted by atomic mass is 10.0. The highest BCUT2D eigenvalue weighted by Crippen LogP contribution is 2.35. The minimum absolute atomic E-state index is 0.761. The summed E-state index contributed by atoms with van der Waals surface area (Å²) in [5, 5.41) is 0. The Labute approximate surface area is 85.9 Å². The molecule has 2 fully saturated rings. The van der Waals surface area contributed by atoms with Crippen molar-refractivity contribution in [2.24, 2.45) is 0 Å². The Kier molecular flexibility index (Phi) is 2.34. The lowest BCUT2D eigenvalue weighted by Gasteiger charge is -2.40. The van der Waals surface area contributed by atoms with E-state index in [9.17, 15) is 0 Å². The lowest BCUT2D eigenvalue weighted by molar-refractivity contribution is 0.0186. The van der Waals surface area contributed by atoms with Crippen LogP contribution < -0.4 is 0 Å². The minimum atomic E-state index is 0.761. The first-order valence-corrected chi connectivity index (χ1v) is 5.97. The Balaban J connectivity index is 1.74. The zero-order valence-electron chi connectivity index (χ0n) is 8.69. The molecule has 0 spiro atoms. The maximum absolute atomic E-state index is 5.44. The van der Waals surface area contributed by atoms with Crippen LogP contribution in [0.1, 0.15) is 32.1 Å². The summed E-state index contributed by atoms with van der Waals surface area (Å²) in [6.07, 6.45) is 11.4. The van der Waals surface area contributed by atoms with Crippen LogP contribution in [0.4, 0.5) is 0 Å². The standard InChI is InChI=1S/C12H19NO/c1-2-10-4-5-11(3-1)13(10)12-6-8-14-9-7-12/h1-2,10-12H,3-9H2. The van der Waals surface area contributed by atoms with Crippen LogP contribution in [-0.4, -0.2) is 36.2 Å². The van der Waals surface area contributed by atoms with Crippen molar-refractivity contribution in [3.05, 3.63) is 12.2 Å². The van der Waals surface area contributed by atoms with E-state index in [1.165, 1.54) is 32.1 Å². The fourth-order valence-corrected chi connectivity index (χ4v) is 3.31. The monoisotopic (exact) mass is 193 g/mol. The molecule has 3 rings (SSSR count). The van der Waals surface area contributed by atoms with E-state index >= 15 is 0 Å². The van der Waals surface area contributed by atoms with E-state index < -0.39 is 0 Å². The summed E-state index contributed by atoms with van der Waals surface area (Å²) in [5.74, 6) is 0. The van der Waals surface area contributed by atoms with Crippen LogP contribution in [0, 0.1) is 0 Å². The predicted octanol–water partition coefficient (Wildman–Crippen LogP) is 1.96. The quantitative estimate of drug-likeness (QED) is 0.590. The van der Waals surface area contributed by atoms with Crippen LogP contribution in [0.5, 0.6) is 0 Å². The molecule has 0 saturated carbocycles. The molecule has 2 nitrogen and oxygen atoms in total. The average molecular weight is 193 g/mol. The van der Waals surface area contributed by atoms with Gasteiger partial charge in [0.2, 0.25) is 0 Å². The third-order valence-electron chi connectivity index (χ3n) is 3.98. The number of hydrogen-bond donors (Lipinski definition) is 0. The molecule has 0 aromatic carbocycles. The van der Waals surface area contributed by atoms with Crippen LogP contribution in [0.2, 0.25) is 0 Å². The molecular formula is C12H19NO. The van der Waals surface area contributed by atoms with Gasteiger partial charge in [-0.3, -0.25) is 4.90 Å². The second-order valence-electron chi connectivity index (χ2n) is 4.75. The number of hydrogen-bond acceptors (Lipinski definition) is 2. The molecule has 3 heterocycles. The molecule has 2 heteroatoms. The highest BCUT2D eigenvalue weighted by Gasteiger charge is 2.38. The number of nitrogens with zero attached hydrogens (tertiary/aromatic N) is 1. The Morgan fingerprint density at radius 1 is 1.00 bits per heavy atom. The van der Waals surface area contributed by atoms with Crippen LogP contribution >= 0.6 is 0 Å². The normalized spacial score (nSPS) is 39.1. The highest BCUT2D eigenvalue weighted by atomic mass is 16.5. The predicted molar refractivity (Wildman–Crippen MR) is 56.2 cm³/mol. The molecule has 2 unspecified atom stereocenters. The molecule has 3 aliphatic rings. The molecule has 0 radical (unpaired) electrons. The third kappa shape index (κ3) is 1.41. The summed E-state index contributed by atoms with van der Waals surface area (Å²) in [7, 11) is 0. The molecule has 0 aliphatic carbocycles. The van der Waals surface area contributed by atoms with Gasteiger partial charge in [0, 0.05) is 31.3 Å². The van der Waals surface area contributed by atoms with Crippen molar-refractivity contribution in [2.75, 3.05) is 13.2 Å². The summed E-state index contributed by atoms with van der Waals surface area (Å²) in [6, 6.07) is 2.43. The van der Waals surface area contributed by atoms with Gasteiger partial charge in [-0.15, -0.1) is 0 Å². The number of ether oxygens (including phenoxy) is 1. The Bertz CT molecular complexity index is 232. The minimum Gasteiger partial charge on any atom is -0.381 e. The van der Waals surface area contributed by atoms with Gasteiger partial charge in [0.25, 0.3) is 0 Å². The SMILES string of the molecule is C1=CC2CCC(C1)N2C1CCOCC1. The van der Waals surface area contributed by atoms with Gasteiger partial charge in [0.05, 0.1) is 0 Å². The van der Waals surface area contributed by atoms with E-state index in [1.54, 1.807) is 0 Å². The van der Waals surface area contributed by atoms with Crippen LogP contribution in [0.15, 0.2) is 12.2 Å². The molecule has 0 aromatic heterocycles. The number of rotatable bonds is 1. The van der Waals surface area contributed by atoms with Gasteiger partial charge in [-0.05, 0) is 32.1 Å². The van der Waals surface area contributed by atoms with Gasteiger partial charge in [-0.1, -0.05) is 12.2 Å². The fraction of sp³-hybridized carbons (Fsp3) is 0.833. The van der Waals surface area contributed by atoms with Crippen molar-refractivity contribution < 1.29 is 4.74 Å². The first-order valence-electron chi connectivity index (χ1n) is 5.97. The summed E-state index contributed by atoms with van der Waals surface area (Å²) >= 11 is 0. The van der Waals surface area contributed by atoms with E-state index in [1.807, 2.05) is 0 Å². The molecule has 0 N–H and O–H groups in total. The topological polar surface area (TPSA) is 12.5 Å². The van der Waals surface area contributed by atoms with E-state index in [4.69, 9.17) is 4.74 Å². The van der Waals surface area contributed by atoms with E-state index in [2.05, 4.69) is 17.1 Å². The van der Waals surface area contributed by atoms with Gasteiger partial charge >= 0.3 is 0 Å². The third-order valence-corrected chi connectivity index (χ3v) is 3.98. The molecule has 0 amide bonds. The summed E-state index contributed by atoms with van der Waals surface area (Å²) in [6.45, 7) is 1.95. The second-order valence-corrected chi connectivity index (χ2v) is 4.75. The Hall–Kier alpha value is -0.340. The molecule has 2 bridgehead atoms. The molecule has 2 saturated heterocycles. The highest BCUT2D eigenvalue weighted by molar-refractivity contribution is 5.09. The van der Waals surface area contributed by atoms with Gasteiger partial charge in [-0.25, -0.2) is 0 Å². The Morgan fingerprint density at radius 3 is 2.64 bits per heavy atom. The van der Waals surface area contributed by atoms with Crippen LogP contribution in [-0.2, 0) is 4.74 Å². The number of fused-ring (bicyclic) bond motifs is 2. The lowest BCUT2D eigenvalue weighted by Crippen LogP contribution is -2.47. The van der Waals surface area contributed by atoms with E-state index in [0.29, 0.717) is 0 Å². The van der Waals surface area contributed by atoms with Crippen molar-refractivity contribution >= 4 is 0 Å². The van der Waals surface area contributed by atoms with Gasteiger partial charge in [0.1, 0.15) is 0 Å². The molecule has 0 aromatic rings. The van der Waals surface area contributed by atoms with Gasteiger partial charge in [0.15, 0.2) is 0 Å². The smallest absolute Gasteiger partial charge is 0.0480 e. The molecule has 14 heavy (non-hydrogen) atoms. The zero-order chi connectivity index (χ0) is 9.38. The maximum Gasteiger partial charge on any atom is 0.0480 e. The van der Waals surface area contributed by atoms with Crippen molar-refractivity contribution in [3.8, 4) is 0 Å². The first kappa shape index (κ1) is 8.93. The summed E-state index contributed by atoms with van der Waals surface area (Å²) in [4.78, 5) is 2.78.